The van der Waals surface area contributed by atoms with Crippen molar-refractivity contribution in [2.45, 2.75) is 26.2 Å². The molecule has 0 bridgehead atoms. The molecule has 4 nitrogen and oxygen atoms in total. The van der Waals surface area contributed by atoms with Crippen LogP contribution in [0.1, 0.15) is 36.1 Å². The fourth-order valence-corrected chi connectivity index (χ4v) is 2.42. The molecule has 1 unspecified atom stereocenters. The second-order valence-corrected chi connectivity index (χ2v) is 5.08. The van der Waals surface area contributed by atoms with Gasteiger partial charge < -0.3 is 15.1 Å². The third kappa shape index (κ3) is 2.72. The van der Waals surface area contributed by atoms with Crippen LogP contribution in [0.2, 0.25) is 0 Å². The zero-order valence-corrected chi connectivity index (χ0v) is 11.3. The lowest BCUT2D eigenvalue weighted by Crippen LogP contribution is -2.43. The molecule has 2 rings (SSSR count). The van der Waals surface area contributed by atoms with E-state index in [1.807, 2.05) is 13.0 Å². The fraction of sp³-hybridized carbons (Fsp3) is 0.538. The first-order valence-corrected chi connectivity index (χ1v) is 6.70. The second-order valence-electron chi connectivity index (χ2n) is 4.61. The highest BCUT2D eigenvalue weighted by Crippen LogP contribution is 2.20. The number of furan rings is 1. The minimum atomic E-state index is -0.0596. The van der Waals surface area contributed by atoms with Crippen molar-refractivity contribution in [2.24, 2.45) is 11.7 Å². The van der Waals surface area contributed by atoms with Crippen LogP contribution in [0.5, 0.6) is 0 Å². The summed E-state index contributed by atoms with van der Waals surface area (Å²) < 4.78 is 5.49. The van der Waals surface area contributed by atoms with Gasteiger partial charge in [0.2, 0.25) is 0 Å². The summed E-state index contributed by atoms with van der Waals surface area (Å²) in [6, 6.07) is 3.59. The minimum Gasteiger partial charge on any atom is -0.456 e. The number of rotatable bonds is 3. The van der Waals surface area contributed by atoms with Crippen LogP contribution in [0.4, 0.5) is 0 Å². The topological polar surface area (TPSA) is 59.5 Å². The molecular formula is C13H18N2O2S. The van der Waals surface area contributed by atoms with Gasteiger partial charge in [-0.3, -0.25) is 4.79 Å². The molecule has 1 aliphatic rings. The molecule has 1 saturated heterocycles. The van der Waals surface area contributed by atoms with Gasteiger partial charge >= 0.3 is 0 Å². The summed E-state index contributed by atoms with van der Waals surface area (Å²) in [6.07, 6.45) is 2.70. The quantitative estimate of drug-likeness (QED) is 0.850. The van der Waals surface area contributed by atoms with Gasteiger partial charge in [0.15, 0.2) is 5.76 Å². The largest absolute Gasteiger partial charge is 0.456 e. The number of thiocarbonyl (C=S) groups is 1. The second kappa shape index (κ2) is 5.52. The Kier molecular flexibility index (Phi) is 4.01. The predicted molar refractivity (Wildman–Crippen MR) is 73.5 cm³/mol. The molecule has 5 heteroatoms. The lowest BCUT2D eigenvalue weighted by Gasteiger charge is -2.31. The number of carbonyl (C=O) groups excluding carboxylic acids is 1. The summed E-state index contributed by atoms with van der Waals surface area (Å²) >= 11 is 5.01. The average Bonchev–Trinajstić information content (AvgIpc) is 2.86. The van der Waals surface area contributed by atoms with Crippen molar-refractivity contribution in [1.82, 2.24) is 4.90 Å². The molecule has 0 spiro atoms. The third-order valence-electron chi connectivity index (χ3n) is 3.33. The molecule has 98 valence electrons. The maximum Gasteiger partial charge on any atom is 0.289 e. The van der Waals surface area contributed by atoms with Crippen molar-refractivity contribution >= 4 is 23.1 Å². The summed E-state index contributed by atoms with van der Waals surface area (Å²) in [5.41, 5.74) is 5.66. The maximum absolute atomic E-state index is 12.2. The third-order valence-corrected chi connectivity index (χ3v) is 3.67. The van der Waals surface area contributed by atoms with Gasteiger partial charge in [-0.1, -0.05) is 19.1 Å². The lowest BCUT2D eigenvalue weighted by atomic mass is 9.98. The summed E-state index contributed by atoms with van der Waals surface area (Å²) in [4.78, 5) is 14.5. The van der Waals surface area contributed by atoms with E-state index in [1.165, 1.54) is 0 Å². The van der Waals surface area contributed by atoms with Crippen LogP contribution >= 0.6 is 12.2 Å². The number of piperidine rings is 1. The van der Waals surface area contributed by atoms with E-state index in [0.717, 1.165) is 31.6 Å². The van der Waals surface area contributed by atoms with E-state index < -0.39 is 0 Å². The highest BCUT2D eigenvalue weighted by atomic mass is 32.1. The zero-order chi connectivity index (χ0) is 13.1. The molecule has 0 saturated carbocycles. The van der Waals surface area contributed by atoms with E-state index in [9.17, 15) is 4.79 Å². The van der Waals surface area contributed by atoms with E-state index in [0.29, 0.717) is 17.3 Å². The standard InChI is InChI=1S/C13H18N2O2S/c1-2-10-5-6-11(17-10)13(16)15-7-3-4-9(8-15)12(14)18/h5-6,9H,2-4,7-8H2,1H3,(H2,14,18). The molecule has 2 N–H and O–H groups in total. The lowest BCUT2D eigenvalue weighted by molar-refractivity contribution is 0.0669. The Bertz CT molecular complexity index is 456. The van der Waals surface area contributed by atoms with E-state index in [-0.39, 0.29) is 11.8 Å². The van der Waals surface area contributed by atoms with Gasteiger partial charge in [0, 0.05) is 25.4 Å². The zero-order valence-electron chi connectivity index (χ0n) is 10.5. The molecule has 1 fully saturated rings. The van der Waals surface area contributed by atoms with Crippen LogP contribution < -0.4 is 5.73 Å². The van der Waals surface area contributed by atoms with Gasteiger partial charge in [-0.15, -0.1) is 0 Å². The summed E-state index contributed by atoms with van der Waals surface area (Å²) in [5.74, 6) is 1.32. The van der Waals surface area contributed by atoms with Gasteiger partial charge in [0.1, 0.15) is 5.76 Å². The SMILES string of the molecule is CCc1ccc(C(=O)N2CCCC(C(N)=S)C2)o1. The molecule has 0 aliphatic carbocycles. The fourth-order valence-electron chi connectivity index (χ4n) is 2.23. The van der Waals surface area contributed by atoms with Crippen molar-refractivity contribution in [2.75, 3.05) is 13.1 Å². The first-order chi connectivity index (χ1) is 8.61. The normalized spacial score (nSPS) is 19.8. The Morgan fingerprint density at radius 1 is 1.61 bits per heavy atom. The van der Waals surface area contributed by atoms with Crippen LogP contribution in [0.25, 0.3) is 0 Å². The Labute approximate surface area is 112 Å². The van der Waals surface area contributed by atoms with Crippen molar-refractivity contribution in [3.05, 3.63) is 23.7 Å². The van der Waals surface area contributed by atoms with E-state index in [1.54, 1.807) is 11.0 Å². The molecule has 0 radical (unpaired) electrons. The molecular weight excluding hydrogens is 248 g/mol. The number of carbonyl (C=O) groups is 1. The monoisotopic (exact) mass is 266 g/mol. The number of hydrogen-bond donors (Lipinski definition) is 1. The molecule has 1 aliphatic heterocycles. The Morgan fingerprint density at radius 3 is 3.00 bits per heavy atom. The average molecular weight is 266 g/mol. The van der Waals surface area contributed by atoms with Crippen LogP contribution in [0.3, 0.4) is 0 Å². The smallest absolute Gasteiger partial charge is 0.289 e. The number of aryl methyl sites for hydroxylation is 1. The van der Waals surface area contributed by atoms with Crippen LogP contribution in [0, 0.1) is 5.92 Å². The minimum absolute atomic E-state index is 0.0596. The van der Waals surface area contributed by atoms with E-state index in [2.05, 4.69) is 0 Å². The van der Waals surface area contributed by atoms with Gasteiger partial charge in [-0.05, 0) is 25.0 Å². The van der Waals surface area contributed by atoms with Crippen LogP contribution in [0.15, 0.2) is 16.5 Å². The Hall–Kier alpha value is -1.36. The molecule has 1 amide bonds. The number of nitrogens with zero attached hydrogens (tertiary/aromatic N) is 1. The molecule has 1 aromatic heterocycles. The number of nitrogens with two attached hydrogens (primary N) is 1. The molecule has 0 aromatic carbocycles. The van der Waals surface area contributed by atoms with E-state index >= 15 is 0 Å². The highest BCUT2D eigenvalue weighted by molar-refractivity contribution is 7.80. The first kappa shape index (κ1) is 13.1. The van der Waals surface area contributed by atoms with Crippen LogP contribution in [-0.4, -0.2) is 28.9 Å². The summed E-state index contributed by atoms with van der Waals surface area (Å²) in [7, 11) is 0. The van der Waals surface area contributed by atoms with Crippen molar-refractivity contribution in [3.8, 4) is 0 Å². The van der Waals surface area contributed by atoms with Gasteiger partial charge in [-0.2, -0.15) is 0 Å². The van der Waals surface area contributed by atoms with E-state index in [4.69, 9.17) is 22.4 Å². The Morgan fingerprint density at radius 2 is 2.39 bits per heavy atom. The summed E-state index contributed by atoms with van der Waals surface area (Å²) in [5, 5.41) is 0. The molecule has 1 aromatic rings. The van der Waals surface area contributed by atoms with Crippen LogP contribution in [-0.2, 0) is 6.42 Å². The Balaban J connectivity index is 2.06. The molecule has 2 heterocycles. The van der Waals surface area contributed by atoms with Crippen molar-refractivity contribution in [1.29, 1.82) is 0 Å². The predicted octanol–water partition coefficient (Wildman–Crippen LogP) is 1.98. The number of likely N-dealkylation sites (tertiary alicyclic amines) is 1. The molecule has 1 atom stereocenters. The number of hydrogen-bond acceptors (Lipinski definition) is 3. The van der Waals surface area contributed by atoms with Crippen molar-refractivity contribution in [3.63, 3.8) is 0 Å². The maximum atomic E-state index is 12.2. The first-order valence-electron chi connectivity index (χ1n) is 6.29. The van der Waals surface area contributed by atoms with Gasteiger partial charge in [-0.25, -0.2) is 0 Å². The van der Waals surface area contributed by atoms with Gasteiger partial charge in [0.05, 0.1) is 4.99 Å². The van der Waals surface area contributed by atoms with Crippen molar-refractivity contribution < 1.29 is 9.21 Å². The molecule has 18 heavy (non-hydrogen) atoms. The van der Waals surface area contributed by atoms with Gasteiger partial charge in [0.25, 0.3) is 5.91 Å². The number of amides is 1. The highest BCUT2D eigenvalue weighted by Gasteiger charge is 2.27. The summed E-state index contributed by atoms with van der Waals surface area (Å²) in [6.45, 7) is 3.35.